The van der Waals surface area contributed by atoms with E-state index in [4.69, 9.17) is 57.8 Å². The van der Waals surface area contributed by atoms with E-state index in [1.54, 1.807) is 146 Å². The van der Waals surface area contributed by atoms with Crippen LogP contribution in [0, 0.1) is 0 Å². The molecule has 0 spiro atoms. The lowest BCUT2D eigenvalue weighted by Crippen LogP contribution is -2.68. The number of nitrogens with two attached hydrogens (primary N) is 1. The predicted molar refractivity (Wildman–Crippen MR) is 332 cm³/mol. The Morgan fingerprint density at radius 2 is 0.830 bits per heavy atom. The monoisotopic (exact) mass is 1320 g/mol. The van der Waals surface area contributed by atoms with Crippen molar-refractivity contribution in [2.75, 3.05) is 32.0 Å². The van der Waals surface area contributed by atoms with Crippen molar-refractivity contribution in [2.24, 2.45) is 5.73 Å². The maximum absolute atomic E-state index is 14.0. The highest BCUT2D eigenvalue weighted by Gasteiger charge is 2.54. The van der Waals surface area contributed by atoms with Gasteiger partial charge in [-0.2, -0.15) is 0 Å². The van der Waals surface area contributed by atoms with Crippen molar-refractivity contribution in [1.29, 1.82) is 0 Å². The minimum Gasteiger partial charge on any atom is -0.445 e. The van der Waals surface area contributed by atoms with Crippen LogP contribution < -0.4 is 37.0 Å². The van der Waals surface area contributed by atoms with E-state index in [0.717, 1.165) is 11.1 Å². The van der Waals surface area contributed by atoms with E-state index in [1.165, 1.54) is 18.2 Å². The largest absolute Gasteiger partial charge is 0.445 e. The summed E-state index contributed by atoms with van der Waals surface area (Å²) in [7, 11) is -4.29. The molecule has 28 nitrogen and oxygen atoms in total. The molecule has 3 aliphatic heterocycles. The Morgan fingerprint density at radius 1 is 0.457 bits per heavy atom. The lowest BCUT2D eigenvalue weighted by molar-refractivity contribution is -0.282. The fourth-order valence-electron chi connectivity index (χ4n) is 10.4. The van der Waals surface area contributed by atoms with Gasteiger partial charge in [0.05, 0.1) is 55.8 Å². The number of carbonyl (C=O) groups excluding carboxylic acids is 5. The zero-order valence-electron chi connectivity index (χ0n) is 50.9. The van der Waals surface area contributed by atoms with Gasteiger partial charge in [0.1, 0.15) is 75.6 Å². The third-order valence-electron chi connectivity index (χ3n) is 15.1. The summed E-state index contributed by atoms with van der Waals surface area (Å²) < 4.78 is 95.8. The molecule has 29 heteroatoms. The van der Waals surface area contributed by atoms with Crippen LogP contribution in [-0.2, 0) is 95.2 Å². The number of aliphatic hydroxyl groups excluding tert-OH is 3. The molecule has 0 bridgehead atoms. The summed E-state index contributed by atoms with van der Waals surface area (Å²) in [6.07, 6.45) is -16.4. The summed E-state index contributed by atoms with van der Waals surface area (Å²) in [5.41, 5.74) is 9.11. The second-order valence-electron chi connectivity index (χ2n) is 22.1. The SMILES string of the molecule is NCCS(=O)(=O)N[C@@H]1C[C@H](NC(=O)OCc2ccccc2)[C@@H](O[C@H]2O[C@H](CNC(=O)OCc3ccccc3)C=C[C@H]2NC(=O)OCc2ccccc2)[C@H](O[C@@H]2O[C@H](CO)[C@@H](O[C@H]3O[C@@H](CNC(=O)OCc4ccccc4)C=C[C@H]3NC(=O)OCc3ccccc3)[C@H]2O)[C@H]1O. The van der Waals surface area contributed by atoms with Gasteiger partial charge in [0, 0.05) is 6.54 Å². The topological polar surface area (TPSA) is 380 Å². The molecule has 1 aliphatic carbocycles. The third-order valence-corrected chi connectivity index (χ3v) is 16.6. The summed E-state index contributed by atoms with van der Waals surface area (Å²) in [5, 5.41) is 49.3. The van der Waals surface area contributed by atoms with Gasteiger partial charge in [-0.3, -0.25) is 0 Å². The maximum Gasteiger partial charge on any atom is 0.408 e. The number of sulfonamides is 1. The Bertz CT molecular complexity index is 3370. The molecule has 9 rings (SSSR count). The van der Waals surface area contributed by atoms with E-state index in [0.29, 0.717) is 16.7 Å². The van der Waals surface area contributed by atoms with E-state index in [9.17, 15) is 47.7 Å². The van der Waals surface area contributed by atoms with Gasteiger partial charge in [0.15, 0.2) is 18.9 Å². The number of alkyl carbamates (subject to hydrolysis) is 5. The Hall–Kier alpha value is -8.56. The van der Waals surface area contributed by atoms with Gasteiger partial charge < -0.3 is 99.7 Å². The highest BCUT2D eigenvalue weighted by molar-refractivity contribution is 7.89. The molecule has 5 aromatic carbocycles. The molecule has 94 heavy (non-hydrogen) atoms. The van der Waals surface area contributed by atoms with E-state index in [2.05, 4.69) is 31.3 Å². The minimum absolute atomic E-state index is 0.0286. The van der Waals surface area contributed by atoms with Crippen LogP contribution in [0.5, 0.6) is 0 Å². The van der Waals surface area contributed by atoms with Crippen LogP contribution in [0.2, 0.25) is 0 Å². The van der Waals surface area contributed by atoms with Gasteiger partial charge in [-0.15, -0.1) is 0 Å². The number of aliphatic hydroxyl groups is 3. The number of nitrogens with one attached hydrogen (secondary N) is 6. The zero-order valence-corrected chi connectivity index (χ0v) is 51.7. The fraction of sp³-hybridized carbons (Fsp3) is 0.400. The number of rotatable bonds is 28. The standard InChI is InChI=1S/C65H77N7O21S/c66-30-31-94(81,82)72-50-32-51(71-65(80)87-40-45-24-14-5-15-25-45)55(91-58-48(69-63(78)85-38-43-20-10-3-11-21-43)28-26-46(88-58)33-67-61(76)83-36-41-16-6-1-7-17-41)57(53(50)74)93-60-54(75)56(52(35-73)90-60)92-59-49(70-64(79)86-39-44-22-12-4-13-23-44)29-27-47(89-59)34-68-62(77)84-37-42-18-8-2-9-19-42/h1-29,46-60,72-75H,30-40,66H2,(H,67,76)(H,68,77)(H,69,78)(H,70,79)(H,71,80)/t46-,47+,48+,49+,50+,51-,52+,53-,54+,55+,56+,57+,58+,59+,60-/m0/s1. The van der Waals surface area contributed by atoms with Crippen molar-refractivity contribution < 1.29 is 99.8 Å². The molecule has 0 unspecified atom stereocenters. The molecule has 3 heterocycles. The van der Waals surface area contributed by atoms with E-state index >= 15 is 0 Å². The second-order valence-corrected chi connectivity index (χ2v) is 24.0. The van der Waals surface area contributed by atoms with Gasteiger partial charge in [-0.25, -0.2) is 37.1 Å². The highest BCUT2D eigenvalue weighted by atomic mass is 32.2. The first-order chi connectivity index (χ1) is 45.6. The van der Waals surface area contributed by atoms with Crippen LogP contribution >= 0.6 is 0 Å². The van der Waals surface area contributed by atoms with Crippen molar-refractivity contribution in [1.82, 2.24) is 31.3 Å². The highest BCUT2D eigenvalue weighted by Crippen LogP contribution is 2.35. The summed E-state index contributed by atoms with van der Waals surface area (Å²) in [6.45, 7) is -2.15. The van der Waals surface area contributed by atoms with Gasteiger partial charge in [0.2, 0.25) is 10.0 Å². The van der Waals surface area contributed by atoms with Crippen LogP contribution in [0.4, 0.5) is 24.0 Å². The van der Waals surface area contributed by atoms with Gasteiger partial charge in [0.25, 0.3) is 0 Å². The number of benzene rings is 5. The van der Waals surface area contributed by atoms with E-state index in [1.807, 2.05) is 12.1 Å². The number of hydrogen-bond donors (Lipinski definition) is 10. The number of amides is 5. The van der Waals surface area contributed by atoms with Gasteiger partial charge in [-0.1, -0.05) is 176 Å². The van der Waals surface area contributed by atoms with Crippen molar-refractivity contribution in [3.63, 3.8) is 0 Å². The van der Waals surface area contributed by atoms with Crippen molar-refractivity contribution in [3.05, 3.63) is 204 Å². The molecule has 1 saturated carbocycles. The zero-order chi connectivity index (χ0) is 66.2. The second kappa shape index (κ2) is 35.1. The molecular formula is C65H77N7O21S. The molecule has 15 atom stereocenters. The lowest BCUT2D eigenvalue weighted by atomic mass is 9.83. The smallest absolute Gasteiger partial charge is 0.408 e. The molecular weight excluding hydrogens is 1250 g/mol. The third kappa shape index (κ3) is 21.2. The molecule has 0 aromatic heterocycles. The van der Waals surface area contributed by atoms with Gasteiger partial charge in [-0.05, 0) is 34.2 Å². The quantitative estimate of drug-likeness (QED) is 0.0253. The van der Waals surface area contributed by atoms with Crippen molar-refractivity contribution >= 4 is 40.5 Å². The molecule has 1 saturated heterocycles. The first-order valence-corrected chi connectivity index (χ1v) is 32.0. The first-order valence-electron chi connectivity index (χ1n) is 30.4. The number of carbonyl (C=O) groups is 5. The molecule has 504 valence electrons. The van der Waals surface area contributed by atoms with Gasteiger partial charge >= 0.3 is 30.5 Å². The Kier molecular flexibility index (Phi) is 26.0. The molecule has 5 aromatic rings. The maximum atomic E-state index is 14.0. The summed E-state index contributed by atoms with van der Waals surface area (Å²) >= 11 is 0. The van der Waals surface area contributed by atoms with Crippen LogP contribution in [0.3, 0.4) is 0 Å². The molecule has 2 fully saturated rings. The molecule has 5 amide bonds. The Morgan fingerprint density at radius 3 is 1.22 bits per heavy atom. The Balaban J connectivity index is 0.992. The summed E-state index contributed by atoms with van der Waals surface area (Å²) in [6, 6.07) is 38.9. The van der Waals surface area contributed by atoms with Crippen LogP contribution in [0.1, 0.15) is 34.2 Å². The van der Waals surface area contributed by atoms with Crippen LogP contribution in [0.15, 0.2) is 176 Å². The van der Waals surface area contributed by atoms with Crippen molar-refractivity contribution in [3.8, 4) is 0 Å². The average Bonchev–Trinajstić information content (AvgIpc) is 0.873. The van der Waals surface area contributed by atoms with Crippen LogP contribution in [0.25, 0.3) is 0 Å². The fourth-order valence-corrected chi connectivity index (χ4v) is 11.6. The molecule has 4 aliphatic rings. The summed E-state index contributed by atoms with van der Waals surface area (Å²) in [5.74, 6) is -0.597. The molecule has 11 N–H and O–H groups in total. The predicted octanol–water partition coefficient (Wildman–Crippen LogP) is 3.53. The van der Waals surface area contributed by atoms with Crippen LogP contribution in [-0.4, -0.2) is 178 Å². The average molecular weight is 1320 g/mol. The number of hydrogen-bond acceptors (Lipinski definition) is 22. The normalized spacial score (nSPS) is 26.4. The van der Waals surface area contributed by atoms with Crippen molar-refractivity contribution in [2.45, 2.75) is 131 Å². The van der Waals surface area contributed by atoms with E-state index < -0.39 is 151 Å². The number of ether oxygens (including phenoxy) is 11. The first kappa shape index (κ1) is 69.8. The van der Waals surface area contributed by atoms with E-state index in [-0.39, 0.29) is 52.7 Å². The lowest BCUT2D eigenvalue weighted by Gasteiger charge is -2.47. The summed E-state index contributed by atoms with van der Waals surface area (Å²) in [4.78, 5) is 67.0. The Labute approximate surface area is 542 Å². The molecule has 0 radical (unpaired) electrons. The minimum atomic E-state index is -4.29.